The van der Waals surface area contributed by atoms with Crippen LogP contribution >= 0.6 is 0 Å². The van der Waals surface area contributed by atoms with Crippen LogP contribution in [0.4, 0.5) is 0 Å². The summed E-state index contributed by atoms with van der Waals surface area (Å²) in [5.74, 6) is 0. The molecule has 33 heavy (non-hydrogen) atoms. The van der Waals surface area contributed by atoms with Crippen LogP contribution in [0.5, 0.6) is 0 Å². The van der Waals surface area contributed by atoms with Gasteiger partial charge in [0.1, 0.15) is 5.65 Å². The Labute approximate surface area is 191 Å². The van der Waals surface area contributed by atoms with Crippen molar-refractivity contribution in [1.29, 1.82) is 0 Å². The van der Waals surface area contributed by atoms with Crippen molar-refractivity contribution in [3.05, 3.63) is 73.8 Å². The molecule has 1 aliphatic heterocycles. The van der Waals surface area contributed by atoms with Gasteiger partial charge in [0.25, 0.3) is 0 Å². The van der Waals surface area contributed by atoms with Gasteiger partial charge in [-0.2, -0.15) is 5.10 Å². The molecule has 0 atom stereocenters. The minimum atomic E-state index is 0.818. The van der Waals surface area contributed by atoms with Crippen LogP contribution in [0, 0.1) is 0 Å². The summed E-state index contributed by atoms with van der Waals surface area (Å²) < 4.78 is 14.8. The summed E-state index contributed by atoms with van der Waals surface area (Å²) in [4.78, 5) is 11.5. The highest BCUT2D eigenvalue weighted by Gasteiger charge is 2.12. The third-order valence-corrected chi connectivity index (χ3v) is 6.09. The summed E-state index contributed by atoms with van der Waals surface area (Å²) in [6.07, 6.45) is 13.3. The molecule has 8 heteroatoms. The number of ether oxygens (including phenoxy) is 1. The van der Waals surface area contributed by atoms with Gasteiger partial charge in [-0.3, -0.25) is 19.0 Å². The van der Waals surface area contributed by atoms with Crippen LogP contribution in [0.2, 0.25) is 0 Å². The number of nitrogens with zero attached hydrogens (tertiary/aromatic N) is 6. The highest BCUT2D eigenvalue weighted by Crippen LogP contribution is 2.27. The summed E-state index contributed by atoms with van der Waals surface area (Å²) in [5, 5.41) is 4.58. The zero-order valence-electron chi connectivity index (χ0n) is 18.2. The molecule has 5 aromatic heterocycles. The Balaban J connectivity index is 1.27. The third kappa shape index (κ3) is 4.06. The molecule has 0 radical (unpaired) electrons. The van der Waals surface area contributed by atoms with E-state index in [9.17, 15) is 0 Å². The fraction of sp³-hybridized carbons (Fsp3) is 0.240. The average Bonchev–Trinajstić information content (AvgIpc) is 3.64. The SMILES string of the molecule is c1cc(-c2cnc3ccc(-c4cnn(CCN5CCOCC5)c4)cn23)cc(-c2ccoc2)n1. The van der Waals surface area contributed by atoms with Gasteiger partial charge in [0.15, 0.2) is 0 Å². The molecular formula is C25H24N6O2. The molecule has 0 aliphatic carbocycles. The van der Waals surface area contributed by atoms with Crippen LogP contribution in [0.15, 0.2) is 78.3 Å². The van der Waals surface area contributed by atoms with Crippen LogP contribution in [0.25, 0.3) is 39.3 Å². The summed E-state index contributed by atoms with van der Waals surface area (Å²) in [7, 11) is 0. The first-order valence-electron chi connectivity index (χ1n) is 11.1. The van der Waals surface area contributed by atoms with E-state index in [1.165, 1.54) is 0 Å². The molecule has 0 aromatic carbocycles. The number of hydrogen-bond acceptors (Lipinski definition) is 6. The van der Waals surface area contributed by atoms with E-state index in [1.807, 2.05) is 41.5 Å². The van der Waals surface area contributed by atoms with E-state index < -0.39 is 0 Å². The number of fused-ring (bicyclic) bond motifs is 1. The summed E-state index contributed by atoms with van der Waals surface area (Å²) in [5.41, 5.74) is 6.97. The van der Waals surface area contributed by atoms with Crippen molar-refractivity contribution >= 4 is 5.65 Å². The van der Waals surface area contributed by atoms with E-state index in [0.29, 0.717) is 0 Å². The molecule has 6 heterocycles. The van der Waals surface area contributed by atoms with E-state index in [0.717, 1.165) is 78.7 Å². The second-order valence-electron chi connectivity index (χ2n) is 8.18. The molecule has 1 aliphatic rings. The molecule has 0 amide bonds. The van der Waals surface area contributed by atoms with E-state index >= 15 is 0 Å². The molecule has 0 spiro atoms. The molecule has 6 rings (SSSR count). The molecule has 0 unspecified atom stereocenters. The van der Waals surface area contributed by atoms with Crippen molar-refractivity contribution in [2.24, 2.45) is 0 Å². The lowest BCUT2D eigenvalue weighted by molar-refractivity contribution is 0.0360. The minimum absolute atomic E-state index is 0.818. The van der Waals surface area contributed by atoms with Gasteiger partial charge in [0, 0.05) is 60.5 Å². The van der Waals surface area contributed by atoms with Gasteiger partial charge in [-0.05, 0) is 30.3 Å². The maximum absolute atomic E-state index is 5.43. The van der Waals surface area contributed by atoms with Crippen LogP contribution in [0.1, 0.15) is 0 Å². The van der Waals surface area contributed by atoms with Crippen molar-refractivity contribution in [3.8, 4) is 33.6 Å². The first-order chi connectivity index (χ1) is 16.3. The highest BCUT2D eigenvalue weighted by molar-refractivity contribution is 5.71. The van der Waals surface area contributed by atoms with Crippen LogP contribution in [-0.2, 0) is 11.3 Å². The largest absolute Gasteiger partial charge is 0.472 e. The lowest BCUT2D eigenvalue weighted by Gasteiger charge is -2.26. The van der Waals surface area contributed by atoms with Gasteiger partial charge in [-0.25, -0.2) is 4.98 Å². The standard InChI is InChI=1S/C25H24N6O2/c1-2-25-27-15-24(19-3-5-26-23(13-19)21-4-10-33-18-21)31(25)17-20(1)22-14-28-30(16-22)7-6-29-8-11-32-12-9-29/h1-5,10,13-18H,6-9,11-12H2. The molecule has 0 bridgehead atoms. The van der Waals surface area contributed by atoms with Crippen molar-refractivity contribution < 1.29 is 9.15 Å². The van der Waals surface area contributed by atoms with Crippen LogP contribution < -0.4 is 0 Å². The molecule has 1 fully saturated rings. The first-order valence-corrected chi connectivity index (χ1v) is 11.1. The summed E-state index contributed by atoms with van der Waals surface area (Å²) in [6.45, 7) is 5.47. The Hall–Kier alpha value is -3.75. The second-order valence-corrected chi connectivity index (χ2v) is 8.18. The number of rotatable bonds is 6. The lowest BCUT2D eigenvalue weighted by Crippen LogP contribution is -2.38. The van der Waals surface area contributed by atoms with Gasteiger partial charge in [-0.1, -0.05) is 0 Å². The third-order valence-electron chi connectivity index (χ3n) is 6.09. The summed E-state index contributed by atoms with van der Waals surface area (Å²) >= 11 is 0. The van der Waals surface area contributed by atoms with Crippen molar-refractivity contribution in [2.45, 2.75) is 6.54 Å². The monoisotopic (exact) mass is 440 g/mol. The quantitative estimate of drug-likeness (QED) is 0.399. The van der Waals surface area contributed by atoms with Gasteiger partial charge < -0.3 is 9.15 Å². The minimum Gasteiger partial charge on any atom is -0.472 e. The molecular weight excluding hydrogens is 416 g/mol. The topological polar surface area (TPSA) is 73.6 Å². The van der Waals surface area contributed by atoms with E-state index in [4.69, 9.17) is 9.15 Å². The first kappa shape index (κ1) is 19.9. The van der Waals surface area contributed by atoms with E-state index in [-0.39, 0.29) is 0 Å². The Morgan fingerprint density at radius 1 is 0.848 bits per heavy atom. The predicted molar refractivity (Wildman–Crippen MR) is 125 cm³/mol. The fourth-order valence-corrected chi connectivity index (χ4v) is 4.23. The molecule has 5 aromatic rings. The van der Waals surface area contributed by atoms with Crippen LogP contribution in [-0.4, -0.2) is 61.9 Å². The number of pyridine rings is 2. The van der Waals surface area contributed by atoms with E-state index in [1.54, 1.807) is 12.5 Å². The van der Waals surface area contributed by atoms with Gasteiger partial charge in [0.05, 0.1) is 56.1 Å². The van der Waals surface area contributed by atoms with E-state index in [2.05, 4.69) is 48.9 Å². The number of imidazole rings is 1. The fourth-order valence-electron chi connectivity index (χ4n) is 4.23. The number of hydrogen-bond donors (Lipinski definition) is 0. The molecule has 0 N–H and O–H groups in total. The van der Waals surface area contributed by atoms with Crippen LogP contribution in [0.3, 0.4) is 0 Å². The lowest BCUT2D eigenvalue weighted by atomic mass is 10.1. The highest BCUT2D eigenvalue weighted by atomic mass is 16.5. The Kier molecular flexibility index (Phi) is 5.22. The Bertz CT molecular complexity index is 1360. The zero-order chi connectivity index (χ0) is 22.0. The second kappa shape index (κ2) is 8.65. The number of furan rings is 1. The summed E-state index contributed by atoms with van der Waals surface area (Å²) in [6, 6.07) is 10.1. The maximum atomic E-state index is 5.43. The molecule has 1 saturated heterocycles. The van der Waals surface area contributed by atoms with Gasteiger partial charge in [0.2, 0.25) is 0 Å². The average molecular weight is 441 g/mol. The van der Waals surface area contributed by atoms with Gasteiger partial charge in [-0.15, -0.1) is 0 Å². The predicted octanol–water partition coefficient (Wildman–Crippen LogP) is 3.85. The maximum Gasteiger partial charge on any atom is 0.137 e. The molecule has 8 nitrogen and oxygen atoms in total. The van der Waals surface area contributed by atoms with Gasteiger partial charge >= 0.3 is 0 Å². The zero-order valence-corrected chi connectivity index (χ0v) is 18.2. The number of aromatic nitrogens is 5. The van der Waals surface area contributed by atoms with Crippen molar-refractivity contribution in [3.63, 3.8) is 0 Å². The van der Waals surface area contributed by atoms with Crippen molar-refractivity contribution in [1.82, 2.24) is 29.0 Å². The molecule has 0 saturated carbocycles. The smallest absolute Gasteiger partial charge is 0.137 e. The van der Waals surface area contributed by atoms with Crippen molar-refractivity contribution in [2.75, 3.05) is 32.8 Å². The molecule has 166 valence electrons. The normalized spacial score (nSPS) is 14.8. The number of morpholine rings is 1. The Morgan fingerprint density at radius 2 is 1.79 bits per heavy atom. The Morgan fingerprint density at radius 3 is 2.67 bits per heavy atom.